The van der Waals surface area contributed by atoms with Gasteiger partial charge in [0.15, 0.2) is 6.54 Å². The van der Waals surface area contributed by atoms with Gasteiger partial charge < -0.3 is 15.0 Å². The van der Waals surface area contributed by atoms with Gasteiger partial charge in [-0.15, -0.1) is 0 Å². The van der Waals surface area contributed by atoms with E-state index in [2.05, 4.69) is 5.32 Å². The first-order chi connectivity index (χ1) is 11.1. The van der Waals surface area contributed by atoms with Gasteiger partial charge in [0.25, 0.3) is 5.91 Å². The molecule has 1 aliphatic rings. The molecule has 0 aromatic heterocycles. The smallest absolute Gasteiger partial charge is 0.279 e. The van der Waals surface area contributed by atoms with E-state index in [1.54, 1.807) is 0 Å². The van der Waals surface area contributed by atoms with Crippen molar-refractivity contribution in [3.8, 4) is 0 Å². The molecular weight excluding hydrogens is 377 g/mol. The van der Waals surface area contributed by atoms with Crippen LogP contribution in [-0.4, -0.2) is 46.2 Å². The van der Waals surface area contributed by atoms with Gasteiger partial charge in [0, 0.05) is 0 Å². The van der Waals surface area contributed by atoms with Crippen molar-refractivity contribution in [3.05, 3.63) is 22.2 Å². The van der Waals surface area contributed by atoms with Crippen molar-refractivity contribution in [2.24, 2.45) is 5.14 Å². The zero-order chi connectivity index (χ0) is 18.1. The zero-order valence-electron chi connectivity index (χ0n) is 13.3. The summed E-state index contributed by atoms with van der Waals surface area (Å²) in [5.41, 5.74) is 0.171. The third-order valence-corrected chi connectivity index (χ3v) is 5.12. The highest BCUT2D eigenvalue weighted by Gasteiger charge is 2.27. The summed E-state index contributed by atoms with van der Waals surface area (Å²) in [6.45, 7) is 5.62. The second-order valence-electron chi connectivity index (χ2n) is 5.95. The van der Waals surface area contributed by atoms with Gasteiger partial charge in [-0.05, 0) is 26.0 Å². The summed E-state index contributed by atoms with van der Waals surface area (Å²) in [5, 5.41) is 7.71. The number of quaternary nitrogens is 1. The molecule has 0 aliphatic carbocycles. The van der Waals surface area contributed by atoms with Crippen LogP contribution in [0, 0.1) is 0 Å². The Hall–Kier alpha value is -0.900. The van der Waals surface area contributed by atoms with Crippen LogP contribution in [0.2, 0.25) is 10.0 Å². The highest BCUT2D eigenvalue weighted by Crippen LogP contribution is 2.33. The second-order valence-corrected chi connectivity index (χ2v) is 8.32. The topological polar surface area (TPSA) is 103 Å². The summed E-state index contributed by atoms with van der Waals surface area (Å²) in [4.78, 5) is 13.1. The van der Waals surface area contributed by atoms with Crippen LogP contribution >= 0.6 is 23.2 Å². The average molecular weight is 397 g/mol. The maximum Gasteiger partial charge on any atom is 0.279 e. The first-order valence-corrected chi connectivity index (χ1v) is 9.67. The summed E-state index contributed by atoms with van der Waals surface area (Å²) < 4.78 is 28.3. The molecule has 10 heteroatoms. The number of sulfonamides is 1. The molecule has 24 heavy (non-hydrogen) atoms. The number of amides is 1. The molecule has 0 unspecified atom stereocenters. The fraction of sp³-hybridized carbons (Fsp3) is 0.500. The van der Waals surface area contributed by atoms with Gasteiger partial charge in [0.05, 0.1) is 20.6 Å². The zero-order valence-corrected chi connectivity index (χ0v) is 15.6. The van der Waals surface area contributed by atoms with Crippen LogP contribution in [0.5, 0.6) is 0 Å². The number of halogens is 2. The normalized spacial score (nSPS) is 24.6. The standard InChI is InChI=1S/C14H19Cl2N3O4S/c1-8-5-19(6-9(2)23-8)7-13(20)18-14-11(15)3-10(4-12(14)16)24(17,21)22/h3-4,8-9H,5-7H2,1-2H3,(H,18,20)(H2,17,21,22)/p+1/t8-,9-/m0/s1. The molecular formula is C14H20Cl2N3O4S+. The number of primary sulfonamides is 1. The summed E-state index contributed by atoms with van der Waals surface area (Å²) in [5.74, 6) is -0.265. The van der Waals surface area contributed by atoms with Crippen LogP contribution in [-0.2, 0) is 19.6 Å². The van der Waals surface area contributed by atoms with Gasteiger partial charge in [-0.25, -0.2) is 13.6 Å². The lowest BCUT2D eigenvalue weighted by Crippen LogP contribution is -3.16. The minimum Gasteiger partial charge on any atom is -0.364 e. The number of hydrogen-bond donors (Lipinski definition) is 3. The number of hydrogen-bond acceptors (Lipinski definition) is 4. The van der Waals surface area contributed by atoms with Gasteiger partial charge in [0.1, 0.15) is 25.3 Å². The quantitative estimate of drug-likeness (QED) is 0.679. The number of carbonyl (C=O) groups excluding carboxylic acids is 1. The first kappa shape index (κ1) is 19.4. The van der Waals surface area contributed by atoms with Crippen molar-refractivity contribution < 1.29 is 22.8 Å². The number of rotatable bonds is 4. The number of carbonyl (C=O) groups is 1. The van der Waals surface area contributed by atoms with Crippen molar-refractivity contribution in [1.82, 2.24) is 0 Å². The van der Waals surface area contributed by atoms with Gasteiger partial charge in [-0.3, -0.25) is 4.79 Å². The predicted molar refractivity (Wildman–Crippen MR) is 92.0 cm³/mol. The summed E-state index contributed by atoms with van der Waals surface area (Å²) in [6.07, 6.45) is 0.163. The number of benzene rings is 1. The van der Waals surface area contributed by atoms with E-state index in [-0.39, 0.29) is 45.3 Å². The fourth-order valence-electron chi connectivity index (χ4n) is 2.78. The lowest BCUT2D eigenvalue weighted by atomic mass is 10.2. The minimum absolute atomic E-state index is 0.0126. The van der Waals surface area contributed by atoms with Gasteiger partial charge in [0.2, 0.25) is 10.0 Å². The fourth-order valence-corrected chi connectivity index (χ4v) is 4.05. The molecule has 1 aromatic rings. The molecule has 4 N–H and O–H groups in total. The number of morpholine rings is 1. The van der Waals surface area contributed by atoms with E-state index in [1.165, 1.54) is 0 Å². The van der Waals surface area contributed by atoms with Crippen molar-refractivity contribution >= 4 is 44.8 Å². The Bertz CT molecular complexity index is 709. The second kappa shape index (κ2) is 7.55. The van der Waals surface area contributed by atoms with Crippen molar-refractivity contribution in [3.63, 3.8) is 0 Å². The number of ether oxygens (including phenoxy) is 1. The average Bonchev–Trinajstić information content (AvgIpc) is 2.40. The highest BCUT2D eigenvalue weighted by molar-refractivity contribution is 7.89. The molecule has 134 valence electrons. The van der Waals surface area contributed by atoms with Crippen LogP contribution in [0.4, 0.5) is 5.69 Å². The van der Waals surface area contributed by atoms with Crippen molar-refractivity contribution in [1.29, 1.82) is 0 Å². The van der Waals surface area contributed by atoms with E-state index >= 15 is 0 Å². The molecule has 0 radical (unpaired) electrons. The van der Waals surface area contributed by atoms with E-state index in [0.717, 1.165) is 30.1 Å². The summed E-state index contributed by atoms with van der Waals surface area (Å²) in [6, 6.07) is 2.31. The molecule has 1 fully saturated rings. The van der Waals surface area contributed by atoms with Crippen LogP contribution in [0.25, 0.3) is 0 Å². The molecule has 0 bridgehead atoms. The van der Waals surface area contributed by atoms with E-state index in [4.69, 9.17) is 33.1 Å². The predicted octanol–water partition coefficient (Wildman–Crippen LogP) is 0.271. The van der Waals surface area contributed by atoms with Crippen LogP contribution in [0.15, 0.2) is 17.0 Å². The summed E-state index contributed by atoms with van der Waals surface area (Å²) in [7, 11) is -3.93. The monoisotopic (exact) mass is 396 g/mol. The van der Waals surface area contributed by atoms with E-state index < -0.39 is 10.0 Å². The Labute approximate surface area is 151 Å². The Balaban J connectivity index is 2.09. The maximum absolute atomic E-state index is 12.2. The highest BCUT2D eigenvalue weighted by atomic mass is 35.5. The minimum atomic E-state index is -3.93. The third-order valence-electron chi connectivity index (χ3n) is 3.64. The SMILES string of the molecule is C[C@H]1C[NH+](CC(=O)Nc2c(Cl)cc(S(N)(=O)=O)cc2Cl)C[C@H](C)O1. The first-order valence-electron chi connectivity index (χ1n) is 7.37. The maximum atomic E-state index is 12.2. The summed E-state index contributed by atoms with van der Waals surface area (Å²) >= 11 is 12.1. The van der Waals surface area contributed by atoms with Gasteiger partial charge in [-0.2, -0.15) is 0 Å². The molecule has 2 rings (SSSR count). The molecule has 0 spiro atoms. The number of anilines is 1. The van der Waals surface area contributed by atoms with Crippen LogP contribution < -0.4 is 15.4 Å². The lowest BCUT2D eigenvalue weighted by molar-refractivity contribution is -0.907. The van der Waals surface area contributed by atoms with Crippen LogP contribution in [0.1, 0.15) is 13.8 Å². The van der Waals surface area contributed by atoms with Crippen molar-refractivity contribution in [2.75, 3.05) is 25.0 Å². The molecule has 1 amide bonds. The third kappa shape index (κ3) is 5.05. The van der Waals surface area contributed by atoms with E-state index in [9.17, 15) is 13.2 Å². The van der Waals surface area contributed by atoms with Crippen molar-refractivity contribution in [2.45, 2.75) is 31.0 Å². The molecule has 1 aliphatic heterocycles. The molecule has 1 aromatic carbocycles. The Morgan fingerprint density at radius 2 is 1.79 bits per heavy atom. The Morgan fingerprint density at radius 1 is 1.29 bits per heavy atom. The van der Waals surface area contributed by atoms with Crippen LogP contribution in [0.3, 0.4) is 0 Å². The largest absolute Gasteiger partial charge is 0.364 e. The van der Waals surface area contributed by atoms with Gasteiger partial charge >= 0.3 is 0 Å². The molecule has 1 saturated heterocycles. The van der Waals surface area contributed by atoms with E-state index in [1.807, 2.05) is 13.8 Å². The molecule has 7 nitrogen and oxygen atoms in total. The Morgan fingerprint density at radius 3 is 2.25 bits per heavy atom. The van der Waals surface area contributed by atoms with Gasteiger partial charge in [-0.1, -0.05) is 23.2 Å². The number of nitrogens with one attached hydrogen (secondary N) is 2. The molecule has 2 atom stereocenters. The molecule has 0 saturated carbocycles. The number of nitrogens with two attached hydrogens (primary N) is 1. The molecule has 1 heterocycles. The lowest BCUT2D eigenvalue weighted by Gasteiger charge is -2.31. The Kier molecular flexibility index (Phi) is 6.11. The van der Waals surface area contributed by atoms with E-state index in [0.29, 0.717) is 0 Å².